The van der Waals surface area contributed by atoms with E-state index in [0.29, 0.717) is 5.57 Å². The number of aromatic amines is 1. The fraction of sp³-hybridized carbons (Fsp3) is 0.0952. The first-order valence-electron chi connectivity index (χ1n) is 9.25. The smallest absolute Gasteiger partial charge is 0.382 e. The molecule has 0 radical (unpaired) electrons. The van der Waals surface area contributed by atoms with Gasteiger partial charge in [-0.2, -0.15) is 18.4 Å². The van der Waals surface area contributed by atoms with Crippen LogP contribution in [0.15, 0.2) is 48.4 Å². The van der Waals surface area contributed by atoms with Crippen molar-refractivity contribution >= 4 is 17.7 Å². The molecule has 8 nitrogen and oxygen atoms in total. The van der Waals surface area contributed by atoms with Crippen LogP contribution in [0.1, 0.15) is 22.8 Å². The van der Waals surface area contributed by atoms with Crippen molar-refractivity contribution in [2.24, 2.45) is 5.73 Å². The van der Waals surface area contributed by atoms with Gasteiger partial charge in [-0.25, -0.2) is 14.4 Å². The molecular formula is C21H16F4N8. The maximum absolute atomic E-state index is 13.8. The number of benzene rings is 1. The molecule has 0 saturated carbocycles. The molecule has 0 fully saturated rings. The third-order valence-corrected chi connectivity index (χ3v) is 4.51. The zero-order chi connectivity index (χ0) is 24.2. The summed E-state index contributed by atoms with van der Waals surface area (Å²) < 4.78 is 52.2. The van der Waals surface area contributed by atoms with Crippen molar-refractivity contribution in [1.82, 2.24) is 15.0 Å². The van der Waals surface area contributed by atoms with E-state index in [1.165, 1.54) is 24.4 Å². The minimum Gasteiger partial charge on any atom is -0.382 e. The molecule has 3 rings (SSSR count). The molecule has 0 aliphatic rings. The average molecular weight is 456 g/mol. The minimum absolute atomic E-state index is 0.00204. The Morgan fingerprint density at radius 3 is 2.45 bits per heavy atom. The van der Waals surface area contributed by atoms with Crippen LogP contribution in [-0.4, -0.2) is 27.0 Å². The quantitative estimate of drug-likeness (QED) is 0.207. The summed E-state index contributed by atoms with van der Waals surface area (Å²) in [7, 11) is 0. The van der Waals surface area contributed by atoms with Crippen LogP contribution >= 0.6 is 0 Å². The van der Waals surface area contributed by atoms with Crippen LogP contribution in [0.4, 0.5) is 23.2 Å². The summed E-state index contributed by atoms with van der Waals surface area (Å²) >= 11 is 0. The number of H-pyrrole nitrogens is 1. The Bertz CT molecular complexity index is 1270. The number of anilines is 1. The van der Waals surface area contributed by atoms with Gasteiger partial charge in [0.05, 0.1) is 16.9 Å². The van der Waals surface area contributed by atoms with Crippen molar-refractivity contribution in [1.29, 1.82) is 16.1 Å². The second-order valence-electron chi connectivity index (χ2n) is 6.71. The summed E-state index contributed by atoms with van der Waals surface area (Å²) in [5.41, 5.74) is 6.50. The number of hydrogen-bond donors (Lipinski definition) is 5. The van der Waals surface area contributed by atoms with Crippen molar-refractivity contribution in [3.05, 3.63) is 77.0 Å². The van der Waals surface area contributed by atoms with Crippen LogP contribution in [0.25, 0.3) is 11.1 Å². The molecule has 1 aromatic carbocycles. The van der Waals surface area contributed by atoms with Crippen molar-refractivity contribution in [2.75, 3.05) is 5.32 Å². The number of nitrogens with zero attached hydrogens (tertiary/aromatic N) is 3. The summed E-state index contributed by atoms with van der Waals surface area (Å²) in [6.45, 7) is 0. The zero-order valence-electron chi connectivity index (χ0n) is 16.8. The molecule has 0 aliphatic heterocycles. The largest absolute Gasteiger partial charge is 0.451 e. The average Bonchev–Trinajstić information content (AvgIpc) is 3.15. The number of nitrogen functional groups attached to an aromatic ring is 1. The van der Waals surface area contributed by atoms with Crippen LogP contribution in [0.2, 0.25) is 0 Å². The first kappa shape index (κ1) is 23.1. The summed E-state index contributed by atoms with van der Waals surface area (Å²) in [6, 6.07) is 7.86. The molecular weight excluding hydrogens is 440 g/mol. The van der Waals surface area contributed by atoms with Gasteiger partial charge in [0.2, 0.25) is 5.82 Å². The zero-order valence-corrected chi connectivity index (χ0v) is 16.8. The Hall–Kier alpha value is -4.53. The van der Waals surface area contributed by atoms with E-state index in [1.807, 2.05) is 6.07 Å². The van der Waals surface area contributed by atoms with Crippen LogP contribution in [0.5, 0.6) is 0 Å². The number of nitrogens with two attached hydrogens (primary N) is 1. The van der Waals surface area contributed by atoms with Gasteiger partial charge in [-0.05, 0) is 17.7 Å². The van der Waals surface area contributed by atoms with E-state index in [9.17, 15) is 22.8 Å². The standard InChI is InChI=1S/C21H16F4N8/c22-14-3-1-2-4-15(14)30-8-11(6-26)5-16-13(7-27)17(18(33-16)19(28)29)12-9-31-20(32-10-12)21(23,24)25/h1-4,6,8-10,26,30,33H,5H2,(H3,28,29)/b11-8-,26-6?. The molecule has 0 aliphatic carbocycles. The molecule has 0 atom stereocenters. The van der Waals surface area contributed by atoms with E-state index >= 15 is 0 Å². The van der Waals surface area contributed by atoms with Gasteiger partial charge in [0.1, 0.15) is 17.7 Å². The normalized spacial score (nSPS) is 11.7. The summed E-state index contributed by atoms with van der Waals surface area (Å²) in [4.78, 5) is 9.41. The van der Waals surface area contributed by atoms with Gasteiger partial charge >= 0.3 is 6.18 Å². The van der Waals surface area contributed by atoms with E-state index in [4.69, 9.17) is 16.6 Å². The van der Waals surface area contributed by atoms with Gasteiger partial charge in [0, 0.05) is 48.0 Å². The number of nitriles is 1. The van der Waals surface area contributed by atoms with E-state index in [-0.39, 0.29) is 40.2 Å². The predicted octanol–water partition coefficient (Wildman–Crippen LogP) is 3.97. The molecule has 33 heavy (non-hydrogen) atoms. The second kappa shape index (κ2) is 9.31. The van der Waals surface area contributed by atoms with E-state index in [1.54, 1.807) is 6.07 Å². The summed E-state index contributed by atoms with van der Waals surface area (Å²) in [5, 5.41) is 27.9. The number of para-hydroxylation sites is 1. The maximum atomic E-state index is 13.8. The first-order chi connectivity index (χ1) is 15.7. The molecule has 168 valence electrons. The highest BCUT2D eigenvalue weighted by molar-refractivity contribution is 6.01. The number of amidine groups is 1. The Balaban J connectivity index is 2.00. The first-order valence-corrected chi connectivity index (χ1v) is 9.25. The molecule has 3 aromatic rings. The fourth-order valence-corrected chi connectivity index (χ4v) is 3.00. The fourth-order valence-electron chi connectivity index (χ4n) is 3.00. The van der Waals surface area contributed by atoms with Crippen LogP contribution in [-0.2, 0) is 12.6 Å². The van der Waals surface area contributed by atoms with Crippen LogP contribution < -0.4 is 11.1 Å². The minimum atomic E-state index is -4.74. The molecule has 0 unspecified atom stereocenters. The van der Waals surface area contributed by atoms with Gasteiger partial charge in [-0.15, -0.1) is 0 Å². The number of rotatable bonds is 7. The predicted molar refractivity (Wildman–Crippen MR) is 113 cm³/mol. The molecule has 0 saturated heterocycles. The number of alkyl halides is 3. The van der Waals surface area contributed by atoms with E-state index in [0.717, 1.165) is 18.6 Å². The van der Waals surface area contributed by atoms with Crippen molar-refractivity contribution in [3.8, 4) is 17.2 Å². The lowest BCUT2D eigenvalue weighted by molar-refractivity contribution is -0.144. The molecule has 12 heteroatoms. The highest BCUT2D eigenvalue weighted by Crippen LogP contribution is 2.32. The molecule has 0 amide bonds. The van der Waals surface area contributed by atoms with Crippen molar-refractivity contribution in [3.63, 3.8) is 0 Å². The Morgan fingerprint density at radius 2 is 1.91 bits per heavy atom. The van der Waals surface area contributed by atoms with Gasteiger partial charge in [0.25, 0.3) is 0 Å². The number of hydrogen-bond acceptors (Lipinski definition) is 6. The maximum Gasteiger partial charge on any atom is 0.451 e. The molecule has 0 spiro atoms. The van der Waals surface area contributed by atoms with Crippen molar-refractivity contribution < 1.29 is 17.6 Å². The Morgan fingerprint density at radius 1 is 1.24 bits per heavy atom. The van der Waals surface area contributed by atoms with Gasteiger partial charge in [0.15, 0.2) is 0 Å². The lowest BCUT2D eigenvalue weighted by atomic mass is 10.0. The monoisotopic (exact) mass is 456 g/mol. The summed E-state index contributed by atoms with van der Waals surface area (Å²) in [5.74, 6) is -2.31. The number of aromatic nitrogens is 3. The second-order valence-corrected chi connectivity index (χ2v) is 6.71. The highest BCUT2D eigenvalue weighted by atomic mass is 19.4. The van der Waals surface area contributed by atoms with Gasteiger partial charge in [-0.3, -0.25) is 5.41 Å². The third-order valence-electron chi connectivity index (χ3n) is 4.51. The summed E-state index contributed by atoms with van der Waals surface area (Å²) in [6.07, 6.45) is -0.605. The van der Waals surface area contributed by atoms with Gasteiger partial charge in [-0.1, -0.05) is 12.1 Å². The molecule has 2 aromatic heterocycles. The topological polar surface area (TPSA) is 151 Å². The molecule has 0 bridgehead atoms. The van der Waals surface area contributed by atoms with Gasteiger partial charge < -0.3 is 21.4 Å². The Labute approximate surface area is 184 Å². The number of nitrogens with one attached hydrogen (secondary N) is 4. The van der Waals surface area contributed by atoms with Crippen LogP contribution in [0, 0.1) is 28.0 Å². The Kier molecular flexibility index (Phi) is 6.53. The SMILES string of the molecule is N#Cc1c(C/C(C=N)=C/Nc2ccccc2F)[nH]c(C(=N)N)c1-c1cnc(C(F)(F)F)nc1. The molecule has 6 N–H and O–H groups in total. The lowest BCUT2D eigenvalue weighted by Gasteiger charge is -2.07. The highest BCUT2D eigenvalue weighted by Gasteiger charge is 2.34. The number of halogens is 4. The lowest BCUT2D eigenvalue weighted by Crippen LogP contribution is -2.14. The number of allylic oxidation sites excluding steroid dienone is 1. The van der Waals surface area contributed by atoms with E-state index in [2.05, 4.69) is 20.3 Å². The van der Waals surface area contributed by atoms with Crippen molar-refractivity contribution in [2.45, 2.75) is 12.6 Å². The third kappa shape index (κ3) is 5.04. The van der Waals surface area contributed by atoms with E-state index < -0.39 is 23.7 Å². The molecule has 2 heterocycles. The van der Waals surface area contributed by atoms with Crippen LogP contribution in [0.3, 0.4) is 0 Å².